The summed E-state index contributed by atoms with van der Waals surface area (Å²) < 4.78 is 0. The summed E-state index contributed by atoms with van der Waals surface area (Å²) >= 11 is 0. The summed E-state index contributed by atoms with van der Waals surface area (Å²) in [5.41, 5.74) is 10.1. The molecule has 108 valence electrons. The van der Waals surface area contributed by atoms with E-state index in [1.165, 1.54) is 23.2 Å². The molecule has 1 rings (SSSR count). The summed E-state index contributed by atoms with van der Waals surface area (Å²) in [6, 6.07) is 7.04. The molecule has 2 heteroatoms. The zero-order valence-electron chi connectivity index (χ0n) is 13.2. The molecule has 1 aromatic rings. The summed E-state index contributed by atoms with van der Waals surface area (Å²) in [7, 11) is 2.19. The van der Waals surface area contributed by atoms with E-state index in [0.717, 1.165) is 25.3 Å². The molecule has 0 aromatic heterocycles. The van der Waals surface area contributed by atoms with Gasteiger partial charge in [-0.3, -0.25) is 0 Å². The van der Waals surface area contributed by atoms with Crippen molar-refractivity contribution in [2.24, 2.45) is 11.7 Å². The van der Waals surface area contributed by atoms with Gasteiger partial charge in [0.15, 0.2) is 0 Å². The first-order valence-corrected chi connectivity index (χ1v) is 7.54. The van der Waals surface area contributed by atoms with Gasteiger partial charge >= 0.3 is 0 Å². The summed E-state index contributed by atoms with van der Waals surface area (Å²) in [6.45, 7) is 10.0. The Kier molecular flexibility index (Phi) is 6.36. The van der Waals surface area contributed by atoms with Crippen LogP contribution in [-0.4, -0.2) is 19.6 Å². The maximum atomic E-state index is 6.03. The maximum Gasteiger partial charge on any atom is 0.0393 e. The van der Waals surface area contributed by atoms with Crippen LogP contribution >= 0.6 is 0 Å². The molecule has 19 heavy (non-hydrogen) atoms. The second kappa shape index (κ2) is 7.54. The molecule has 0 saturated heterocycles. The van der Waals surface area contributed by atoms with Crippen molar-refractivity contribution in [2.45, 2.75) is 53.0 Å². The number of anilines is 1. The molecule has 0 aliphatic heterocycles. The van der Waals surface area contributed by atoms with Crippen LogP contribution in [0.25, 0.3) is 0 Å². The molecule has 0 spiro atoms. The van der Waals surface area contributed by atoms with Crippen LogP contribution in [0.5, 0.6) is 0 Å². The number of nitrogens with two attached hydrogens (primary N) is 1. The van der Waals surface area contributed by atoms with Gasteiger partial charge in [0.2, 0.25) is 0 Å². The topological polar surface area (TPSA) is 29.3 Å². The van der Waals surface area contributed by atoms with Gasteiger partial charge in [0.25, 0.3) is 0 Å². The van der Waals surface area contributed by atoms with Crippen molar-refractivity contribution in [2.75, 3.05) is 18.5 Å². The third kappa shape index (κ3) is 4.87. The van der Waals surface area contributed by atoms with E-state index < -0.39 is 0 Å². The Balaban J connectivity index is 2.76. The van der Waals surface area contributed by atoms with Gasteiger partial charge in [0.05, 0.1) is 0 Å². The largest absolute Gasteiger partial charge is 0.374 e. The highest BCUT2D eigenvalue weighted by Gasteiger charge is 2.09. The fraction of sp³-hybridized carbons (Fsp3) is 0.647. The highest BCUT2D eigenvalue weighted by atomic mass is 15.1. The van der Waals surface area contributed by atoms with Crippen molar-refractivity contribution in [1.82, 2.24) is 0 Å². The van der Waals surface area contributed by atoms with E-state index in [2.05, 4.69) is 57.8 Å². The molecule has 0 bridgehead atoms. The molecule has 0 heterocycles. The number of nitrogens with zero attached hydrogens (tertiary/aromatic N) is 1. The Morgan fingerprint density at radius 2 is 1.89 bits per heavy atom. The quantitative estimate of drug-likeness (QED) is 0.810. The molecule has 1 aromatic carbocycles. The van der Waals surface area contributed by atoms with Crippen LogP contribution in [0.1, 0.15) is 44.7 Å². The molecule has 0 amide bonds. The van der Waals surface area contributed by atoms with Crippen LogP contribution in [0.3, 0.4) is 0 Å². The minimum absolute atomic E-state index is 0.281. The van der Waals surface area contributed by atoms with Crippen LogP contribution in [0.15, 0.2) is 18.2 Å². The summed E-state index contributed by atoms with van der Waals surface area (Å²) in [5.74, 6) is 0.734. The number of benzene rings is 1. The van der Waals surface area contributed by atoms with Gasteiger partial charge in [-0.15, -0.1) is 0 Å². The van der Waals surface area contributed by atoms with Gasteiger partial charge in [-0.2, -0.15) is 0 Å². The van der Waals surface area contributed by atoms with E-state index in [-0.39, 0.29) is 6.04 Å². The highest BCUT2D eigenvalue weighted by Crippen LogP contribution is 2.22. The van der Waals surface area contributed by atoms with Crippen molar-refractivity contribution in [3.8, 4) is 0 Å². The molecule has 2 nitrogen and oxygen atoms in total. The average Bonchev–Trinajstić information content (AvgIpc) is 2.38. The first kappa shape index (κ1) is 16.0. The molecule has 2 unspecified atom stereocenters. The van der Waals surface area contributed by atoms with E-state index in [9.17, 15) is 0 Å². The van der Waals surface area contributed by atoms with Crippen molar-refractivity contribution < 1.29 is 0 Å². The van der Waals surface area contributed by atoms with E-state index in [4.69, 9.17) is 5.73 Å². The molecular formula is C17H30N2. The molecule has 0 aliphatic carbocycles. The van der Waals surface area contributed by atoms with Gasteiger partial charge in [-0.05, 0) is 42.9 Å². The lowest BCUT2D eigenvalue weighted by Gasteiger charge is -2.25. The van der Waals surface area contributed by atoms with E-state index in [0.29, 0.717) is 0 Å². The zero-order valence-corrected chi connectivity index (χ0v) is 13.2. The van der Waals surface area contributed by atoms with E-state index in [1.54, 1.807) is 0 Å². The zero-order chi connectivity index (χ0) is 14.4. The third-order valence-corrected chi connectivity index (χ3v) is 3.98. The lowest BCUT2D eigenvalue weighted by atomic mass is 10.0. The Morgan fingerprint density at radius 3 is 2.42 bits per heavy atom. The molecule has 0 aliphatic rings. The van der Waals surface area contributed by atoms with Crippen molar-refractivity contribution in [3.63, 3.8) is 0 Å². The van der Waals surface area contributed by atoms with Gasteiger partial charge < -0.3 is 10.6 Å². The fourth-order valence-electron chi connectivity index (χ4n) is 2.41. The predicted molar refractivity (Wildman–Crippen MR) is 85.9 cm³/mol. The Morgan fingerprint density at radius 1 is 1.21 bits per heavy atom. The van der Waals surface area contributed by atoms with Crippen molar-refractivity contribution in [1.29, 1.82) is 0 Å². The van der Waals surface area contributed by atoms with Crippen molar-refractivity contribution in [3.05, 3.63) is 29.3 Å². The Labute approximate surface area is 119 Å². The van der Waals surface area contributed by atoms with Gasteiger partial charge in [-0.25, -0.2) is 0 Å². The van der Waals surface area contributed by atoms with Crippen LogP contribution in [0.2, 0.25) is 0 Å². The predicted octanol–water partition coefficient (Wildman–Crippen LogP) is 3.76. The van der Waals surface area contributed by atoms with Gasteiger partial charge in [0, 0.05) is 25.3 Å². The second-order valence-corrected chi connectivity index (χ2v) is 5.89. The van der Waals surface area contributed by atoms with Crippen LogP contribution in [0, 0.1) is 12.8 Å². The minimum atomic E-state index is 0.281. The fourth-order valence-corrected chi connectivity index (χ4v) is 2.41. The average molecular weight is 262 g/mol. The summed E-state index contributed by atoms with van der Waals surface area (Å²) in [6.07, 6.45) is 3.24. The van der Waals surface area contributed by atoms with Crippen molar-refractivity contribution >= 4 is 5.69 Å². The minimum Gasteiger partial charge on any atom is -0.374 e. The third-order valence-electron chi connectivity index (χ3n) is 3.98. The van der Waals surface area contributed by atoms with Gasteiger partial charge in [-0.1, -0.05) is 39.3 Å². The lowest BCUT2D eigenvalue weighted by Crippen LogP contribution is -2.24. The normalized spacial score (nSPS) is 14.2. The monoisotopic (exact) mass is 262 g/mol. The first-order valence-electron chi connectivity index (χ1n) is 7.54. The molecule has 2 N–H and O–H groups in total. The van der Waals surface area contributed by atoms with E-state index in [1.807, 2.05) is 0 Å². The number of hydrogen-bond acceptors (Lipinski definition) is 2. The summed E-state index contributed by atoms with van der Waals surface area (Å²) in [5, 5.41) is 0. The number of aryl methyl sites for hydroxylation is 1. The SMILES string of the molecule is CCC(C)CN(C)c1ccc(CC(N)CC)cc1C. The Bertz CT molecular complexity index is 387. The van der Waals surface area contributed by atoms with Crippen LogP contribution < -0.4 is 10.6 Å². The molecule has 0 fully saturated rings. The Hall–Kier alpha value is -1.02. The standard InChI is InChI=1S/C17H30N2/c1-6-13(3)12-19(5)17-9-8-15(10-14(17)4)11-16(18)7-2/h8-10,13,16H,6-7,11-12,18H2,1-5H3. The lowest BCUT2D eigenvalue weighted by molar-refractivity contribution is 0.559. The number of hydrogen-bond donors (Lipinski definition) is 1. The van der Waals surface area contributed by atoms with Gasteiger partial charge in [0.1, 0.15) is 0 Å². The van der Waals surface area contributed by atoms with Crippen LogP contribution in [0.4, 0.5) is 5.69 Å². The number of rotatable bonds is 7. The molecular weight excluding hydrogens is 232 g/mol. The van der Waals surface area contributed by atoms with Crippen LogP contribution in [-0.2, 0) is 6.42 Å². The maximum absolute atomic E-state index is 6.03. The molecule has 0 saturated carbocycles. The molecule has 2 atom stereocenters. The van der Waals surface area contributed by atoms with E-state index >= 15 is 0 Å². The second-order valence-electron chi connectivity index (χ2n) is 5.89. The summed E-state index contributed by atoms with van der Waals surface area (Å²) in [4.78, 5) is 2.37. The molecule has 0 radical (unpaired) electrons. The smallest absolute Gasteiger partial charge is 0.0393 e. The highest BCUT2D eigenvalue weighted by molar-refractivity contribution is 5.54. The first-order chi connectivity index (χ1) is 8.97.